The van der Waals surface area contributed by atoms with E-state index in [9.17, 15) is 26.4 Å². The Balaban J connectivity index is 1.98. The van der Waals surface area contributed by atoms with Crippen LogP contribution in [0.3, 0.4) is 0 Å². The van der Waals surface area contributed by atoms with Gasteiger partial charge in [-0.05, 0) is 36.5 Å². The Kier molecular flexibility index (Phi) is 6.33. The summed E-state index contributed by atoms with van der Waals surface area (Å²) in [4.78, 5) is 11.5. The summed E-state index contributed by atoms with van der Waals surface area (Å²) < 4.78 is 64.6. The van der Waals surface area contributed by atoms with Crippen molar-refractivity contribution in [3.05, 3.63) is 29.8 Å². The Labute approximate surface area is 151 Å². The van der Waals surface area contributed by atoms with Crippen LogP contribution in [0.4, 0.5) is 13.2 Å². The lowest BCUT2D eigenvalue weighted by Crippen LogP contribution is -2.47. The second-order valence-electron chi connectivity index (χ2n) is 6.79. The Bertz CT molecular complexity index is 750. The smallest absolute Gasteiger partial charge is 0.352 e. The fourth-order valence-electron chi connectivity index (χ4n) is 3.13. The molecule has 0 aliphatic heterocycles. The third-order valence-corrected chi connectivity index (χ3v) is 6.35. The Morgan fingerprint density at radius 2 is 1.92 bits per heavy atom. The number of carbonyl (C=O) groups is 1. The number of nitrogens with one attached hydrogen (secondary N) is 2. The SMILES string of the molecule is CC1CCCC(NC(=O)CNS(=O)(=O)c2cccc(C(F)(F)F)c2)C1C. The van der Waals surface area contributed by atoms with Crippen molar-refractivity contribution in [1.29, 1.82) is 0 Å². The van der Waals surface area contributed by atoms with Crippen molar-refractivity contribution in [3.8, 4) is 0 Å². The van der Waals surface area contributed by atoms with Crippen LogP contribution in [0.1, 0.15) is 38.7 Å². The fourth-order valence-corrected chi connectivity index (χ4v) is 4.15. The first-order valence-electron chi connectivity index (χ1n) is 8.47. The zero-order valence-electron chi connectivity index (χ0n) is 14.6. The van der Waals surface area contributed by atoms with Crippen LogP contribution in [0.15, 0.2) is 29.2 Å². The van der Waals surface area contributed by atoms with Crippen LogP contribution in [-0.4, -0.2) is 26.9 Å². The van der Waals surface area contributed by atoms with Crippen molar-refractivity contribution in [2.45, 2.75) is 50.2 Å². The minimum Gasteiger partial charge on any atom is -0.352 e. The zero-order chi connectivity index (χ0) is 19.5. The Hall–Kier alpha value is -1.61. The van der Waals surface area contributed by atoms with E-state index in [1.54, 1.807) is 0 Å². The van der Waals surface area contributed by atoms with Gasteiger partial charge in [-0.25, -0.2) is 13.1 Å². The average molecular weight is 392 g/mol. The van der Waals surface area contributed by atoms with E-state index in [2.05, 4.69) is 17.0 Å². The van der Waals surface area contributed by atoms with E-state index in [4.69, 9.17) is 0 Å². The molecule has 1 aliphatic rings. The topological polar surface area (TPSA) is 75.3 Å². The first-order valence-corrected chi connectivity index (χ1v) is 9.95. The van der Waals surface area contributed by atoms with Crippen molar-refractivity contribution < 1.29 is 26.4 Å². The Morgan fingerprint density at radius 3 is 2.58 bits per heavy atom. The summed E-state index contributed by atoms with van der Waals surface area (Å²) >= 11 is 0. The number of amides is 1. The van der Waals surface area contributed by atoms with E-state index in [1.165, 1.54) is 0 Å². The lowest BCUT2D eigenvalue weighted by molar-refractivity contribution is -0.137. The van der Waals surface area contributed by atoms with Gasteiger partial charge < -0.3 is 5.32 Å². The first-order chi connectivity index (χ1) is 12.0. The predicted molar refractivity (Wildman–Crippen MR) is 90.7 cm³/mol. The first kappa shape index (κ1) is 20.7. The predicted octanol–water partition coefficient (Wildman–Crippen LogP) is 2.92. The van der Waals surface area contributed by atoms with Gasteiger partial charge in [0.25, 0.3) is 0 Å². The minimum absolute atomic E-state index is 0.0238. The minimum atomic E-state index is -4.64. The van der Waals surface area contributed by atoms with E-state index >= 15 is 0 Å². The quantitative estimate of drug-likeness (QED) is 0.809. The monoisotopic (exact) mass is 392 g/mol. The maximum absolute atomic E-state index is 12.7. The standard InChI is InChI=1S/C17H23F3N2O3S/c1-11-5-3-8-15(12(11)2)22-16(23)10-21-26(24,25)14-7-4-6-13(9-14)17(18,19)20/h4,6-7,9,11-12,15,21H,3,5,8,10H2,1-2H3,(H,22,23). The molecule has 0 spiro atoms. The molecule has 146 valence electrons. The van der Waals surface area contributed by atoms with E-state index in [1.807, 2.05) is 6.92 Å². The maximum atomic E-state index is 12.7. The summed E-state index contributed by atoms with van der Waals surface area (Å²) in [5, 5.41) is 2.81. The average Bonchev–Trinajstić information content (AvgIpc) is 2.57. The Morgan fingerprint density at radius 1 is 1.23 bits per heavy atom. The van der Waals surface area contributed by atoms with Crippen LogP contribution in [0, 0.1) is 11.8 Å². The van der Waals surface area contributed by atoms with E-state index in [-0.39, 0.29) is 12.0 Å². The molecule has 1 aromatic rings. The van der Waals surface area contributed by atoms with Gasteiger partial charge in [0.15, 0.2) is 0 Å². The van der Waals surface area contributed by atoms with Crippen LogP contribution >= 0.6 is 0 Å². The molecule has 1 aliphatic carbocycles. The fraction of sp³-hybridized carbons (Fsp3) is 0.588. The van der Waals surface area contributed by atoms with Gasteiger partial charge in [-0.2, -0.15) is 13.2 Å². The number of alkyl halides is 3. The number of sulfonamides is 1. The molecule has 2 N–H and O–H groups in total. The molecule has 1 aromatic carbocycles. The number of benzene rings is 1. The molecule has 2 rings (SSSR count). The van der Waals surface area contributed by atoms with Gasteiger partial charge >= 0.3 is 6.18 Å². The highest BCUT2D eigenvalue weighted by atomic mass is 32.2. The van der Waals surface area contributed by atoms with Crippen molar-refractivity contribution in [2.75, 3.05) is 6.54 Å². The number of carbonyl (C=O) groups excluding carboxylic acids is 1. The molecule has 1 fully saturated rings. The van der Waals surface area contributed by atoms with Crippen LogP contribution in [0.25, 0.3) is 0 Å². The van der Waals surface area contributed by atoms with Crippen molar-refractivity contribution in [3.63, 3.8) is 0 Å². The molecule has 9 heteroatoms. The van der Waals surface area contributed by atoms with Gasteiger partial charge in [0, 0.05) is 6.04 Å². The molecule has 3 atom stereocenters. The summed E-state index contributed by atoms with van der Waals surface area (Å²) in [5.41, 5.74) is -1.06. The zero-order valence-corrected chi connectivity index (χ0v) is 15.5. The maximum Gasteiger partial charge on any atom is 0.416 e. The van der Waals surface area contributed by atoms with Gasteiger partial charge in [0.05, 0.1) is 17.0 Å². The molecule has 0 aromatic heterocycles. The second-order valence-corrected chi connectivity index (χ2v) is 8.56. The molecular weight excluding hydrogens is 369 g/mol. The van der Waals surface area contributed by atoms with Crippen LogP contribution in [0.2, 0.25) is 0 Å². The van der Waals surface area contributed by atoms with Gasteiger partial charge in [0.1, 0.15) is 0 Å². The van der Waals surface area contributed by atoms with Crippen molar-refractivity contribution >= 4 is 15.9 Å². The summed E-state index contributed by atoms with van der Waals surface area (Å²) in [7, 11) is -4.21. The molecule has 0 bridgehead atoms. The highest BCUT2D eigenvalue weighted by molar-refractivity contribution is 7.89. The van der Waals surface area contributed by atoms with Gasteiger partial charge in [-0.15, -0.1) is 0 Å². The lowest BCUT2D eigenvalue weighted by atomic mass is 9.78. The second kappa shape index (κ2) is 7.96. The third-order valence-electron chi connectivity index (χ3n) is 4.95. The molecule has 5 nitrogen and oxygen atoms in total. The van der Waals surface area contributed by atoms with Gasteiger partial charge in [-0.1, -0.05) is 32.8 Å². The van der Waals surface area contributed by atoms with Crippen LogP contribution in [-0.2, 0) is 21.0 Å². The largest absolute Gasteiger partial charge is 0.416 e. The number of hydrogen-bond acceptors (Lipinski definition) is 3. The normalized spacial score (nSPS) is 24.3. The lowest BCUT2D eigenvalue weighted by Gasteiger charge is -2.34. The molecule has 26 heavy (non-hydrogen) atoms. The molecule has 0 saturated heterocycles. The molecule has 1 saturated carbocycles. The molecule has 0 heterocycles. The van der Waals surface area contributed by atoms with Crippen LogP contribution < -0.4 is 10.0 Å². The van der Waals surface area contributed by atoms with Gasteiger partial charge in [-0.3, -0.25) is 4.79 Å². The third kappa shape index (κ3) is 5.20. The highest BCUT2D eigenvalue weighted by Crippen LogP contribution is 2.31. The molecule has 3 unspecified atom stereocenters. The summed E-state index contributed by atoms with van der Waals surface area (Å²) in [6, 6.07) is 3.38. The molecule has 1 amide bonds. The number of halogens is 3. The van der Waals surface area contributed by atoms with Crippen molar-refractivity contribution in [2.24, 2.45) is 11.8 Å². The van der Waals surface area contributed by atoms with E-state index in [0.717, 1.165) is 37.5 Å². The summed E-state index contributed by atoms with van der Waals surface area (Å²) in [5.74, 6) is 0.259. The van der Waals surface area contributed by atoms with E-state index < -0.39 is 39.1 Å². The summed E-state index contributed by atoms with van der Waals surface area (Å²) in [6.45, 7) is 3.64. The molecule has 0 radical (unpaired) electrons. The summed E-state index contributed by atoms with van der Waals surface area (Å²) in [6.07, 6.45) is -1.73. The number of hydrogen-bond donors (Lipinski definition) is 2. The highest BCUT2D eigenvalue weighted by Gasteiger charge is 2.32. The van der Waals surface area contributed by atoms with Crippen molar-refractivity contribution in [1.82, 2.24) is 10.0 Å². The van der Waals surface area contributed by atoms with E-state index in [0.29, 0.717) is 12.0 Å². The number of rotatable bonds is 5. The van der Waals surface area contributed by atoms with Crippen LogP contribution in [0.5, 0.6) is 0 Å². The molecular formula is C17H23F3N2O3S. The van der Waals surface area contributed by atoms with Gasteiger partial charge in [0.2, 0.25) is 15.9 Å².